The molecule has 58 valence electrons. The van der Waals surface area contributed by atoms with Crippen LogP contribution in [0.1, 0.15) is 13.8 Å². The van der Waals surface area contributed by atoms with Gasteiger partial charge >= 0.3 is 6.09 Å². The molecular formula is C6H11NO3. The molecule has 0 radical (unpaired) electrons. The molecule has 1 aliphatic rings. The zero-order valence-corrected chi connectivity index (χ0v) is 6.05. The van der Waals surface area contributed by atoms with Gasteiger partial charge in [0.2, 0.25) is 0 Å². The lowest BCUT2D eigenvalue weighted by atomic mass is 10.0. The van der Waals surface area contributed by atoms with Crippen molar-refractivity contribution in [2.24, 2.45) is 0 Å². The second-order valence-electron chi connectivity index (χ2n) is 2.87. The summed E-state index contributed by atoms with van der Waals surface area (Å²) in [7, 11) is 0. The molecule has 0 aromatic rings. The monoisotopic (exact) mass is 145 g/mol. The first-order valence-corrected chi connectivity index (χ1v) is 3.16. The molecule has 0 aliphatic carbocycles. The molecule has 0 aromatic carbocycles. The van der Waals surface area contributed by atoms with E-state index in [9.17, 15) is 4.79 Å². The Balaban J connectivity index is 2.67. The van der Waals surface area contributed by atoms with Crippen LogP contribution in [0.25, 0.3) is 0 Å². The highest BCUT2D eigenvalue weighted by atomic mass is 16.6. The van der Waals surface area contributed by atoms with Gasteiger partial charge in [-0.25, -0.2) is 4.79 Å². The molecule has 1 atom stereocenters. The zero-order chi connectivity index (χ0) is 7.78. The fraction of sp³-hybridized carbons (Fsp3) is 0.833. The molecule has 4 heteroatoms. The number of aliphatic hydroxyl groups is 1. The molecule has 1 rings (SSSR count). The van der Waals surface area contributed by atoms with Crippen LogP contribution < -0.4 is 5.32 Å². The summed E-state index contributed by atoms with van der Waals surface area (Å²) in [5.41, 5.74) is -0.578. The van der Waals surface area contributed by atoms with Crippen LogP contribution in [0, 0.1) is 0 Å². The molecule has 0 aromatic heterocycles. The Morgan fingerprint density at radius 2 is 2.40 bits per heavy atom. The van der Waals surface area contributed by atoms with Crippen LogP contribution >= 0.6 is 0 Å². The molecule has 0 spiro atoms. The summed E-state index contributed by atoms with van der Waals surface area (Å²) in [5.74, 6) is 0. The van der Waals surface area contributed by atoms with Crippen LogP contribution in [-0.2, 0) is 4.74 Å². The van der Waals surface area contributed by atoms with E-state index < -0.39 is 11.7 Å². The summed E-state index contributed by atoms with van der Waals surface area (Å²) in [6, 6.07) is -0.278. The number of nitrogens with one attached hydrogen (secondary N) is 1. The van der Waals surface area contributed by atoms with E-state index in [2.05, 4.69) is 5.32 Å². The van der Waals surface area contributed by atoms with Crippen LogP contribution in [-0.4, -0.2) is 29.4 Å². The van der Waals surface area contributed by atoms with E-state index in [-0.39, 0.29) is 12.6 Å². The highest BCUT2D eigenvalue weighted by molar-refractivity contribution is 5.70. The molecule has 1 unspecified atom stereocenters. The average Bonchev–Trinajstić information content (AvgIpc) is 2.04. The summed E-state index contributed by atoms with van der Waals surface area (Å²) in [6.07, 6.45) is -0.455. The third-order valence-electron chi connectivity index (χ3n) is 1.67. The van der Waals surface area contributed by atoms with Crippen molar-refractivity contribution < 1.29 is 14.6 Å². The van der Waals surface area contributed by atoms with Crippen molar-refractivity contribution >= 4 is 6.09 Å². The highest BCUT2D eigenvalue weighted by Crippen LogP contribution is 2.20. The molecule has 1 amide bonds. The number of aliphatic hydroxyl groups excluding tert-OH is 1. The first-order chi connectivity index (χ1) is 4.56. The van der Waals surface area contributed by atoms with Crippen molar-refractivity contribution in [3.63, 3.8) is 0 Å². The van der Waals surface area contributed by atoms with Gasteiger partial charge in [-0.2, -0.15) is 0 Å². The van der Waals surface area contributed by atoms with Gasteiger partial charge in [0, 0.05) is 0 Å². The predicted molar refractivity (Wildman–Crippen MR) is 34.6 cm³/mol. The molecule has 2 N–H and O–H groups in total. The largest absolute Gasteiger partial charge is 0.441 e. The van der Waals surface area contributed by atoms with E-state index in [0.29, 0.717) is 0 Å². The van der Waals surface area contributed by atoms with Gasteiger partial charge in [0.15, 0.2) is 0 Å². The molecule has 0 saturated carbocycles. The maximum atomic E-state index is 10.6. The second-order valence-corrected chi connectivity index (χ2v) is 2.87. The Bertz CT molecular complexity index is 155. The number of cyclic esters (lactones) is 1. The van der Waals surface area contributed by atoms with Gasteiger partial charge in [0.05, 0.1) is 12.6 Å². The number of alkyl carbamates (subject to hydrolysis) is 1. The fourth-order valence-corrected chi connectivity index (χ4v) is 0.921. The second kappa shape index (κ2) is 2.12. The fourth-order valence-electron chi connectivity index (χ4n) is 0.921. The van der Waals surface area contributed by atoms with Crippen LogP contribution in [0.3, 0.4) is 0 Å². The Kier molecular flexibility index (Phi) is 1.56. The van der Waals surface area contributed by atoms with E-state index in [1.165, 1.54) is 0 Å². The molecule has 1 fully saturated rings. The third kappa shape index (κ3) is 1.07. The molecule has 1 heterocycles. The number of carbonyl (C=O) groups excluding carboxylic acids is 1. The number of ether oxygens (including phenoxy) is 1. The lowest BCUT2D eigenvalue weighted by Crippen LogP contribution is -2.41. The lowest BCUT2D eigenvalue weighted by molar-refractivity contribution is 0.0537. The Hall–Kier alpha value is -0.770. The molecule has 1 saturated heterocycles. The van der Waals surface area contributed by atoms with E-state index in [1.54, 1.807) is 13.8 Å². The van der Waals surface area contributed by atoms with Crippen molar-refractivity contribution in [2.45, 2.75) is 25.5 Å². The molecule has 10 heavy (non-hydrogen) atoms. The average molecular weight is 145 g/mol. The Morgan fingerprint density at radius 3 is 2.60 bits per heavy atom. The standard InChI is InChI=1S/C6H11NO3/c1-6(2)4(3-8)7-5(9)10-6/h4,8H,3H2,1-2H3,(H,7,9). The summed E-state index contributed by atoms with van der Waals surface area (Å²) in [6.45, 7) is 3.43. The van der Waals surface area contributed by atoms with Crippen molar-refractivity contribution in [1.82, 2.24) is 5.32 Å². The van der Waals surface area contributed by atoms with E-state index >= 15 is 0 Å². The van der Waals surface area contributed by atoms with Gasteiger partial charge in [-0.05, 0) is 13.8 Å². The first-order valence-electron chi connectivity index (χ1n) is 3.16. The van der Waals surface area contributed by atoms with Gasteiger partial charge in [0.1, 0.15) is 5.60 Å². The zero-order valence-electron chi connectivity index (χ0n) is 6.05. The van der Waals surface area contributed by atoms with Crippen molar-refractivity contribution in [2.75, 3.05) is 6.61 Å². The number of rotatable bonds is 1. The minimum atomic E-state index is -0.578. The molecular weight excluding hydrogens is 134 g/mol. The smallest absolute Gasteiger partial charge is 0.408 e. The van der Waals surface area contributed by atoms with E-state index in [1.807, 2.05) is 0 Å². The van der Waals surface area contributed by atoms with Crippen molar-refractivity contribution in [1.29, 1.82) is 0 Å². The first kappa shape index (κ1) is 7.34. The number of amides is 1. The summed E-state index contributed by atoms with van der Waals surface area (Å²) < 4.78 is 4.84. The van der Waals surface area contributed by atoms with Crippen LogP contribution in [0.15, 0.2) is 0 Å². The predicted octanol–water partition coefficient (Wildman–Crippen LogP) is -0.134. The molecule has 0 bridgehead atoms. The summed E-state index contributed by atoms with van der Waals surface area (Å²) in [5, 5.41) is 11.2. The van der Waals surface area contributed by atoms with Gasteiger partial charge in [-0.3, -0.25) is 0 Å². The lowest BCUT2D eigenvalue weighted by Gasteiger charge is -2.20. The quantitative estimate of drug-likeness (QED) is 0.540. The number of hydrogen-bond donors (Lipinski definition) is 2. The molecule has 1 aliphatic heterocycles. The maximum absolute atomic E-state index is 10.6. The Morgan fingerprint density at radius 1 is 1.80 bits per heavy atom. The minimum absolute atomic E-state index is 0.0846. The highest BCUT2D eigenvalue weighted by Gasteiger charge is 2.40. The van der Waals surface area contributed by atoms with Gasteiger partial charge < -0.3 is 15.2 Å². The van der Waals surface area contributed by atoms with Gasteiger partial charge in [-0.1, -0.05) is 0 Å². The summed E-state index contributed by atoms with van der Waals surface area (Å²) >= 11 is 0. The number of carbonyl (C=O) groups is 1. The van der Waals surface area contributed by atoms with Gasteiger partial charge in [0.25, 0.3) is 0 Å². The number of hydrogen-bond acceptors (Lipinski definition) is 3. The van der Waals surface area contributed by atoms with Gasteiger partial charge in [-0.15, -0.1) is 0 Å². The topological polar surface area (TPSA) is 58.6 Å². The van der Waals surface area contributed by atoms with Crippen LogP contribution in [0.5, 0.6) is 0 Å². The van der Waals surface area contributed by atoms with Crippen molar-refractivity contribution in [3.8, 4) is 0 Å². The minimum Gasteiger partial charge on any atom is -0.441 e. The van der Waals surface area contributed by atoms with Crippen molar-refractivity contribution in [3.05, 3.63) is 0 Å². The Labute approximate surface area is 59.2 Å². The third-order valence-corrected chi connectivity index (χ3v) is 1.67. The van der Waals surface area contributed by atoms with E-state index in [4.69, 9.17) is 9.84 Å². The maximum Gasteiger partial charge on any atom is 0.408 e. The summed E-state index contributed by atoms with van der Waals surface area (Å²) in [4.78, 5) is 10.6. The van der Waals surface area contributed by atoms with Crippen LogP contribution in [0.2, 0.25) is 0 Å². The van der Waals surface area contributed by atoms with E-state index in [0.717, 1.165) is 0 Å². The molecule has 4 nitrogen and oxygen atoms in total. The SMILES string of the molecule is CC1(C)OC(=O)NC1CO. The van der Waals surface area contributed by atoms with Crippen LogP contribution in [0.4, 0.5) is 4.79 Å². The normalized spacial score (nSPS) is 29.5.